The van der Waals surface area contributed by atoms with Crippen molar-refractivity contribution in [1.82, 2.24) is 20.4 Å². The molecule has 3 amide bonds. The summed E-state index contributed by atoms with van der Waals surface area (Å²) in [6.45, 7) is 4.10. The average molecular weight is 702 g/mol. The van der Waals surface area contributed by atoms with Crippen LogP contribution < -0.4 is 20.7 Å². The van der Waals surface area contributed by atoms with Crippen LogP contribution in [0.2, 0.25) is 0 Å². The SMILES string of the molecule is CN(C)CCCOc1ccc(C(NC(=O)c2ccc(-c3cccc(NC(=O)c4ccc(-c5ccccc5)cc4)c3)s2)C(=O)N2CCNCC2)cc1. The van der Waals surface area contributed by atoms with E-state index in [-0.39, 0.29) is 17.7 Å². The first kappa shape index (κ1) is 35.5. The smallest absolute Gasteiger partial charge is 0.262 e. The molecule has 0 spiro atoms. The Kier molecular flexibility index (Phi) is 11.9. The van der Waals surface area contributed by atoms with E-state index in [9.17, 15) is 14.4 Å². The van der Waals surface area contributed by atoms with Gasteiger partial charge in [-0.1, -0.05) is 66.7 Å². The van der Waals surface area contributed by atoms with Crippen LogP contribution in [-0.4, -0.2) is 80.9 Å². The van der Waals surface area contributed by atoms with E-state index in [0.29, 0.717) is 54.5 Å². The van der Waals surface area contributed by atoms with Crippen LogP contribution in [0.5, 0.6) is 5.75 Å². The minimum atomic E-state index is -0.843. The number of nitrogens with zero attached hydrogens (tertiary/aromatic N) is 2. The van der Waals surface area contributed by atoms with Crippen molar-refractivity contribution in [3.8, 4) is 27.3 Å². The van der Waals surface area contributed by atoms with Gasteiger partial charge < -0.3 is 30.5 Å². The first-order valence-electron chi connectivity index (χ1n) is 17.2. The number of carbonyl (C=O) groups excluding carboxylic acids is 3. The largest absolute Gasteiger partial charge is 0.494 e. The van der Waals surface area contributed by atoms with Gasteiger partial charge in [0, 0.05) is 48.9 Å². The van der Waals surface area contributed by atoms with Crippen LogP contribution >= 0.6 is 11.3 Å². The number of piperazine rings is 1. The van der Waals surface area contributed by atoms with Gasteiger partial charge in [0.2, 0.25) is 5.91 Å². The van der Waals surface area contributed by atoms with E-state index in [1.165, 1.54) is 11.3 Å². The Morgan fingerprint density at radius 1 is 0.804 bits per heavy atom. The third-order valence-electron chi connectivity index (χ3n) is 8.67. The second-order valence-corrected chi connectivity index (χ2v) is 13.8. The lowest BCUT2D eigenvalue weighted by Crippen LogP contribution is -2.50. The maximum absolute atomic E-state index is 13.8. The van der Waals surface area contributed by atoms with Crippen molar-refractivity contribution in [3.63, 3.8) is 0 Å². The van der Waals surface area contributed by atoms with E-state index >= 15 is 0 Å². The zero-order valence-electron chi connectivity index (χ0n) is 28.9. The van der Waals surface area contributed by atoms with Gasteiger partial charge in [-0.05, 0) is 91.3 Å². The highest BCUT2D eigenvalue weighted by atomic mass is 32.1. The van der Waals surface area contributed by atoms with E-state index in [1.807, 2.05) is 123 Å². The second kappa shape index (κ2) is 17.1. The molecule has 51 heavy (non-hydrogen) atoms. The van der Waals surface area contributed by atoms with Crippen molar-refractivity contribution in [2.75, 3.05) is 58.7 Å². The number of hydrogen-bond acceptors (Lipinski definition) is 7. The number of benzene rings is 4. The molecule has 1 atom stereocenters. The van der Waals surface area contributed by atoms with Crippen LogP contribution in [0.1, 0.15) is 38.1 Å². The van der Waals surface area contributed by atoms with Crippen LogP contribution in [-0.2, 0) is 4.79 Å². The molecule has 4 aromatic carbocycles. The summed E-state index contributed by atoms with van der Waals surface area (Å²) < 4.78 is 5.90. The Hall–Kier alpha value is -5.29. The van der Waals surface area contributed by atoms with Gasteiger partial charge >= 0.3 is 0 Å². The summed E-state index contributed by atoms with van der Waals surface area (Å²) in [6, 6.07) is 35.3. The highest BCUT2D eigenvalue weighted by Gasteiger charge is 2.29. The maximum Gasteiger partial charge on any atom is 0.262 e. The molecule has 262 valence electrons. The maximum atomic E-state index is 13.8. The summed E-state index contributed by atoms with van der Waals surface area (Å²) in [5, 5.41) is 9.30. The molecule has 1 aliphatic heterocycles. The number of hydrogen-bond donors (Lipinski definition) is 3. The molecule has 0 bridgehead atoms. The number of carbonyl (C=O) groups is 3. The fraction of sp³-hybridized carbons (Fsp3) is 0.244. The quantitative estimate of drug-likeness (QED) is 0.120. The van der Waals surface area contributed by atoms with Crippen LogP contribution in [0.25, 0.3) is 21.6 Å². The first-order valence-corrected chi connectivity index (χ1v) is 18.0. The second-order valence-electron chi connectivity index (χ2n) is 12.7. The van der Waals surface area contributed by atoms with Crippen molar-refractivity contribution in [2.24, 2.45) is 0 Å². The summed E-state index contributed by atoms with van der Waals surface area (Å²) in [7, 11) is 4.06. The molecule has 1 aromatic heterocycles. The molecule has 1 fully saturated rings. The topological polar surface area (TPSA) is 103 Å². The zero-order chi connectivity index (χ0) is 35.6. The number of anilines is 1. The number of rotatable bonds is 13. The average Bonchev–Trinajstić information content (AvgIpc) is 3.67. The lowest BCUT2D eigenvalue weighted by atomic mass is 10.0. The lowest BCUT2D eigenvalue weighted by molar-refractivity contribution is -0.134. The Morgan fingerprint density at radius 2 is 1.51 bits per heavy atom. The summed E-state index contributed by atoms with van der Waals surface area (Å²) in [6.07, 6.45) is 0.903. The third kappa shape index (κ3) is 9.49. The van der Waals surface area contributed by atoms with Crippen molar-refractivity contribution in [1.29, 1.82) is 0 Å². The molecule has 1 unspecified atom stereocenters. The molecular formula is C41H43N5O4S. The van der Waals surface area contributed by atoms with Crippen LogP contribution in [0.15, 0.2) is 115 Å². The minimum Gasteiger partial charge on any atom is -0.494 e. The molecule has 0 saturated carbocycles. The van der Waals surface area contributed by atoms with Gasteiger partial charge in [-0.25, -0.2) is 0 Å². The summed E-state index contributed by atoms with van der Waals surface area (Å²) in [5.41, 5.74) is 4.90. The Balaban J connectivity index is 1.12. The number of nitrogens with one attached hydrogen (secondary N) is 3. The normalized spacial score (nSPS) is 13.4. The van der Waals surface area contributed by atoms with Crippen molar-refractivity contribution in [3.05, 3.63) is 131 Å². The van der Waals surface area contributed by atoms with Crippen molar-refractivity contribution >= 4 is 34.7 Å². The monoisotopic (exact) mass is 701 g/mol. The molecule has 5 aromatic rings. The summed E-state index contributed by atoms with van der Waals surface area (Å²) in [5.74, 6) is 0.0493. The molecule has 2 heterocycles. The lowest BCUT2D eigenvalue weighted by Gasteiger charge is -2.31. The highest BCUT2D eigenvalue weighted by Crippen LogP contribution is 2.31. The molecular weight excluding hydrogens is 659 g/mol. The fourth-order valence-electron chi connectivity index (χ4n) is 5.90. The van der Waals surface area contributed by atoms with E-state index in [2.05, 4.69) is 20.9 Å². The number of amides is 3. The van der Waals surface area contributed by atoms with Crippen LogP contribution in [0.4, 0.5) is 5.69 Å². The molecule has 0 radical (unpaired) electrons. The van der Waals surface area contributed by atoms with E-state index in [0.717, 1.165) is 40.3 Å². The number of ether oxygens (including phenoxy) is 1. The molecule has 10 heteroatoms. The minimum absolute atomic E-state index is 0.139. The predicted octanol–water partition coefficient (Wildman–Crippen LogP) is 6.57. The van der Waals surface area contributed by atoms with Crippen molar-refractivity contribution in [2.45, 2.75) is 12.5 Å². The Labute approximate surface area is 303 Å². The molecule has 0 aliphatic carbocycles. The van der Waals surface area contributed by atoms with Crippen LogP contribution in [0.3, 0.4) is 0 Å². The van der Waals surface area contributed by atoms with Gasteiger partial charge in [0.1, 0.15) is 11.8 Å². The van der Waals surface area contributed by atoms with E-state index < -0.39 is 6.04 Å². The predicted molar refractivity (Wildman–Crippen MR) is 204 cm³/mol. The Bertz CT molecular complexity index is 1920. The van der Waals surface area contributed by atoms with Crippen LogP contribution in [0, 0.1) is 0 Å². The first-order chi connectivity index (χ1) is 24.8. The van der Waals surface area contributed by atoms with Gasteiger partial charge in [0.15, 0.2) is 0 Å². The standard InChI is InChI=1S/C41H43N5O4S/c1-45(2)24-7-27-50-35-18-16-31(17-19-35)38(41(49)46-25-22-42-23-26-46)44-40(48)37-21-20-36(51-37)33-10-6-11-34(28-33)43-39(47)32-14-12-30(13-15-32)29-8-4-3-5-9-29/h3-6,8-21,28,38,42H,7,22-27H2,1-2H3,(H,43,47)(H,44,48). The van der Waals surface area contributed by atoms with Gasteiger partial charge in [-0.3, -0.25) is 14.4 Å². The molecule has 9 nitrogen and oxygen atoms in total. The third-order valence-corrected chi connectivity index (χ3v) is 9.80. The van der Waals surface area contributed by atoms with Gasteiger partial charge in [-0.15, -0.1) is 11.3 Å². The zero-order valence-corrected chi connectivity index (χ0v) is 29.7. The fourth-order valence-corrected chi connectivity index (χ4v) is 6.80. The summed E-state index contributed by atoms with van der Waals surface area (Å²) in [4.78, 5) is 45.8. The molecule has 3 N–H and O–H groups in total. The summed E-state index contributed by atoms with van der Waals surface area (Å²) >= 11 is 1.33. The van der Waals surface area contributed by atoms with E-state index in [4.69, 9.17) is 4.74 Å². The van der Waals surface area contributed by atoms with E-state index in [1.54, 1.807) is 11.0 Å². The Morgan fingerprint density at radius 3 is 2.24 bits per heavy atom. The highest BCUT2D eigenvalue weighted by molar-refractivity contribution is 7.17. The van der Waals surface area contributed by atoms with Gasteiger partial charge in [-0.2, -0.15) is 0 Å². The molecule has 1 saturated heterocycles. The van der Waals surface area contributed by atoms with Gasteiger partial charge in [0.05, 0.1) is 11.5 Å². The molecule has 6 rings (SSSR count). The molecule has 1 aliphatic rings. The van der Waals surface area contributed by atoms with Crippen molar-refractivity contribution < 1.29 is 19.1 Å². The number of thiophene rings is 1. The van der Waals surface area contributed by atoms with Gasteiger partial charge in [0.25, 0.3) is 11.8 Å².